The second-order valence-corrected chi connectivity index (χ2v) is 9.07. The number of likely N-dealkylation sites (N-methyl/N-ethyl adjacent to an activating group) is 1. The first-order valence-electron chi connectivity index (χ1n) is 7.85. The predicted octanol–water partition coefficient (Wildman–Crippen LogP) is 3.60. The van der Waals surface area contributed by atoms with E-state index >= 15 is 0 Å². The van der Waals surface area contributed by atoms with Crippen LogP contribution in [0.2, 0.25) is 5.02 Å². The molecule has 0 bridgehead atoms. The normalized spacial score (nSPS) is 27.2. The standard InChI is InChI=1S/C16H13Cl4N3O3/c1-22(13(25)15(18)7-16(15,19)20)10-4-5-23(12(10)24)14-21-9-3-2-8(17)6-11(9)26-14/h2-3,6,10H,4-5,7H2,1H3. The van der Waals surface area contributed by atoms with Crippen LogP contribution in [0.4, 0.5) is 6.01 Å². The molecular weight excluding hydrogens is 424 g/mol. The maximum Gasteiger partial charge on any atom is 0.305 e. The van der Waals surface area contributed by atoms with E-state index in [-0.39, 0.29) is 18.3 Å². The van der Waals surface area contributed by atoms with Crippen LogP contribution < -0.4 is 4.90 Å². The van der Waals surface area contributed by atoms with Crippen molar-refractivity contribution in [3.63, 3.8) is 0 Å². The van der Waals surface area contributed by atoms with Crippen LogP contribution in [0.5, 0.6) is 0 Å². The quantitative estimate of drug-likeness (QED) is 0.689. The molecule has 2 aromatic rings. The fourth-order valence-corrected chi connectivity index (χ4v) is 4.33. The lowest BCUT2D eigenvalue weighted by atomic mass is 10.2. The Hall–Kier alpha value is -1.21. The first-order chi connectivity index (χ1) is 12.1. The summed E-state index contributed by atoms with van der Waals surface area (Å²) in [6, 6.07) is 4.53. The Morgan fingerprint density at radius 2 is 2.08 bits per heavy atom. The van der Waals surface area contributed by atoms with Gasteiger partial charge in [0.15, 0.2) is 10.5 Å². The first-order valence-corrected chi connectivity index (χ1v) is 9.37. The third-order valence-electron chi connectivity index (χ3n) is 4.79. The molecule has 2 amide bonds. The van der Waals surface area contributed by atoms with E-state index in [9.17, 15) is 9.59 Å². The molecule has 2 aliphatic rings. The number of halogens is 4. The molecule has 2 heterocycles. The highest BCUT2D eigenvalue weighted by Crippen LogP contribution is 2.62. The number of hydrogen-bond acceptors (Lipinski definition) is 4. The van der Waals surface area contributed by atoms with Gasteiger partial charge in [0.2, 0.25) is 5.91 Å². The molecule has 1 aromatic heterocycles. The summed E-state index contributed by atoms with van der Waals surface area (Å²) in [6.07, 6.45) is 0.565. The third-order valence-corrected chi connectivity index (χ3v) is 6.75. The molecule has 1 aliphatic carbocycles. The maximum absolute atomic E-state index is 12.8. The molecule has 2 atom stereocenters. The van der Waals surface area contributed by atoms with E-state index in [0.29, 0.717) is 29.1 Å². The van der Waals surface area contributed by atoms with Gasteiger partial charge in [-0.3, -0.25) is 14.5 Å². The van der Waals surface area contributed by atoms with Gasteiger partial charge in [0, 0.05) is 31.1 Å². The Bertz CT molecular complexity index is 931. The number of carbonyl (C=O) groups excluding carboxylic acids is 2. The molecule has 138 valence electrons. The second kappa shape index (κ2) is 5.89. The minimum atomic E-state index is -1.38. The zero-order valence-corrected chi connectivity index (χ0v) is 16.5. The molecule has 6 nitrogen and oxygen atoms in total. The average Bonchev–Trinajstić information content (AvgIpc) is 2.93. The maximum atomic E-state index is 12.8. The van der Waals surface area contributed by atoms with Crippen LogP contribution >= 0.6 is 46.4 Å². The highest BCUT2D eigenvalue weighted by atomic mass is 35.5. The van der Waals surface area contributed by atoms with Crippen molar-refractivity contribution in [2.24, 2.45) is 0 Å². The predicted molar refractivity (Wildman–Crippen MR) is 100 cm³/mol. The smallest absolute Gasteiger partial charge is 0.305 e. The van der Waals surface area contributed by atoms with Crippen LogP contribution in [-0.4, -0.2) is 50.5 Å². The molecule has 4 rings (SSSR count). The molecule has 0 N–H and O–H groups in total. The van der Waals surface area contributed by atoms with Crippen LogP contribution in [0.25, 0.3) is 11.1 Å². The first kappa shape index (κ1) is 18.2. The zero-order chi connectivity index (χ0) is 18.9. The zero-order valence-electron chi connectivity index (χ0n) is 13.5. The minimum absolute atomic E-state index is 0.143. The van der Waals surface area contributed by atoms with Crippen LogP contribution in [0.15, 0.2) is 22.6 Å². The Morgan fingerprint density at radius 1 is 1.38 bits per heavy atom. The number of oxazole rings is 1. The molecule has 1 aliphatic heterocycles. The summed E-state index contributed by atoms with van der Waals surface area (Å²) >= 11 is 24.1. The molecule has 1 aromatic carbocycles. The topological polar surface area (TPSA) is 66.7 Å². The average molecular weight is 437 g/mol. The molecule has 0 spiro atoms. The molecule has 2 unspecified atom stereocenters. The minimum Gasteiger partial charge on any atom is -0.423 e. The van der Waals surface area contributed by atoms with Gasteiger partial charge in [0.25, 0.3) is 5.91 Å². The molecule has 10 heteroatoms. The van der Waals surface area contributed by atoms with E-state index in [2.05, 4.69) is 4.98 Å². The third kappa shape index (κ3) is 2.66. The number of anilines is 1. The molecule has 0 radical (unpaired) electrons. The van der Waals surface area contributed by atoms with Crippen LogP contribution in [-0.2, 0) is 9.59 Å². The summed E-state index contributed by atoms with van der Waals surface area (Å²) in [5, 5.41) is 0.513. The Morgan fingerprint density at radius 3 is 2.73 bits per heavy atom. The van der Waals surface area contributed by atoms with Gasteiger partial charge in [-0.1, -0.05) is 34.8 Å². The van der Waals surface area contributed by atoms with Crippen LogP contribution in [0, 0.1) is 0 Å². The fourth-order valence-electron chi connectivity index (χ4n) is 3.13. The molecule has 26 heavy (non-hydrogen) atoms. The second-order valence-electron chi connectivity index (χ2n) is 6.50. The molecule has 2 fully saturated rings. The van der Waals surface area contributed by atoms with Crippen molar-refractivity contribution in [3.05, 3.63) is 23.2 Å². The highest BCUT2D eigenvalue weighted by Gasteiger charge is 2.72. The summed E-state index contributed by atoms with van der Waals surface area (Å²) in [6.45, 7) is 0.365. The summed E-state index contributed by atoms with van der Waals surface area (Å²) in [4.78, 5) is 31.0. The van der Waals surface area contributed by atoms with Gasteiger partial charge in [-0.05, 0) is 18.6 Å². The number of rotatable bonds is 3. The van der Waals surface area contributed by atoms with Crippen molar-refractivity contribution in [2.45, 2.75) is 28.1 Å². The van der Waals surface area contributed by atoms with Crippen molar-refractivity contribution in [1.82, 2.24) is 9.88 Å². The Labute approximate surface area is 168 Å². The molecule has 1 saturated heterocycles. The lowest BCUT2D eigenvalue weighted by molar-refractivity contribution is -0.137. The van der Waals surface area contributed by atoms with E-state index < -0.39 is 21.2 Å². The van der Waals surface area contributed by atoms with Gasteiger partial charge in [-0.2, -0.15) is 4.98 Å². The Kier molecular flexibility index (Phi) is 4.12. The van der Waals surface area contributed by atoms with Crippen LogP contribution in [0.1, 0.15) is 12.8 Å². The van der Waals surface area contributed by atoms with Gasteiger partial charge in [0.05, 0.1) is 0 Å². The summed E-state index contributed by atoms with van der Waals surface area (Å²) in [7, 11) is 1.52. The van der Waals surface area contributed by atoms with E-state index in [1.807, 2.05) is 0 Å². The van der Waals surface area contributed by atoms with Crippen molar-refractivity contribution < 1.29 is 14.0 Å². The number of fused-ring (bicyclic) bond motifs is 1. The van der Waals surface area contributed by atoms with Crippen molar-refractivity contribution in [2.75, 3.05) is 18.5 Å². The largest absolute Gasteiger partial charge is 0.423 e. The summed E-state index contributed by atoms with van der Waals surface area (Å²) in [5.41, 5.74) is 1.08. The molecule has 1 saturated carbocycles. The number of amides is 2. The van der Waals surface area contributed by atoms with Crippen LogP contribution in [0.3, 0.4) is 0 Å². The van der Waals surface area contributed by atoms with Gasteiger partial charge in [-0.25, -0.2) is 0 Å². The van der Waals surface area contributed by atoms with Gasteiger partial charge in [0.1, 0.15) is 15.9 Å². The number of alkyl halides is 3. The summed E-state index contributed by atoms with van der Waals surface area (Å²) < 4.78 is 4.34. The SMILES string of the molecule is CN(C(=O)C1(Cl)CC1(Cl)Cl)C1CCN(c2nc3ccc(Cl)cc3o2)C1=O. The fraction of sp³-hybridized carbons (Fsp3) is 0.438. The number of carbonyl (C=O) groups is 2. The van der Waals surface area contributed by atoms with E-state index in [4.69, 9.17) is 50.8 Å². The number of benzene rings is 1. The number of hydrogen-bond donors (Lipinski definition) is 0. The Balaban J connectivity index is 1.55. The number of nitrogens with zero attached hydrogens (tertiary/aromatic N) is 3. The van der Waals surface area contributed by atoms with Crippen molar-refractivity contribution in [3.8, 4) is 0 Å². The van der Waals surface area contributed by atoms with Gasteiger partial charge in [-0.15, -0.1) is 11.6 Å². The van der Waals surface area contributed by atoms with Crippen molar-refractivity contribution in [1.29, 1.82) is 0 Å². The number of aromatic nitrogens is 1. The van der Waals surface area contributed by atoms with Gasteiger partial charge >= 0.3 is 6.01 Å². The van der Waals surface area contributed by atoms with Gasteiger partial charge < -0.3 is 9.32 Å². The lowest BCUT2D eigenvalue weighted by Crippen LogP contribution is -2.47. The highest BCUT2D eigenvalue weighted by molar-refractivity contribution is 6.62. The van der Waals surface area contributed by atoms with E-state index in [1.54, 1.807) is 18.2 Å². The van der Waals surface area contributed by atoms with E-state index in [1.165, 1.54) is 16.8 Å². The van der Waals surface area contributed by atoms with E-state index in [0.717, 1.165) is 0 Å². The molecular formula is C16H13Cl4N3O3. The summed E-state index contributed by atoms with van der Waals surface area (Å²) in [5.74, 6) is -0.761. The monoisotopic (exact) mass is 435 g/mol. The lowest BCUT2D eigenvalue weighted by Gasteiger charge is -2.25. The van der Waals surface area contributed by atoms with Crippen molar-refractivity contribution >= 4 is 75.3 Å².